The zero-order chi connectivity index (χ0) is 24.0. The Bertz CT molecular complexity index is 1050. The van der Waals surface area contributed by atoms with Gasteiger partial charge in [0.05, 0.1) is 13.0 Å². The predicted octanol–water partition coefficient (Wildman–Crippen LogP) is 5.20. The van der Waals surface area contributed by atoms with Crippen LogP contribution in [0.1, 0.15) is 63.5 Å². The Labute approximate surface area is 198 Å². The van der Waals surface area contributed by atoms with Gasteiger partial charge >= 0.3 is 0 Å². The highest BCUT2D eigenvalue weighted by Gasteiger charge is 2.35. The lowest BCUT2D eigenvalue weighted by Gasteiger charge is -2.31. The first-order valence-electron chi connectivity index (χ1n) is 11.8. The summed E-state index contributed by atoms with van der Waals surface area (Å²) in [6.07, 6.45) is 4.62. The molecule has 33 heavy (non-hydrogen) atoms. The van der Waals surface area contributed by atoms with Gasteiger partial charge in [0.1, 0.15) is 10.6 Å². The largest absolute Gasteiger partial charge is 0.495 e. The van der Waals surface area contributed by atoms with Crippen LogP contribution in [0.15, 0.2) is 47.4 Å². The van der Waals surface area contributed by atoms with E-state index in [2.05, 4.69) is 12.2 Å². The van der Waals surface area contributed by atoms with Gasteiger partial charge in [-0.1, -0.05) is 45.4 Å². The summed E-state index contributed by atoms with van der Waals surface area (Å²) in [4.78, 5) is 13.1. The van der Waals surface area contributed by atoms with E-state index in [0.29, 0.717) is 25.1 Å². The average molecular weight is 473 g/mol. The molecule has 2 aromatic carbocycles. The monoisotopic (exact) mass is 472 g/mol. The summed E-state index contributed by atoms with van der Waals surface area (Å²) in [6, 6.07) is 13.2. The van der Waals surface area contributed by atoms with E-state index in [1.54, 1.807) is 12.1 Å². The Balaban J connectivity index is 1.73. The number of piperidine rings is 1. The van der Waals surface area contributed by atoms with Crippen molar-refractivity contribution >= 4 is 21.6 Å². The second-order valence-corrected chi connectivity index (χ2v) is 11.0. The molecule has 6 nitrogen and oxygen atoms in total. The first-order chi connectivity index (χ1) is 15.8. The minimum Gasteiger partial charge on any atom is -0.495 e. The molecule has 1 atom stereocenters. The van der Waals surface area contributed by atoms with Crippen molar-refractivity contribution in [3.05, 3.63) is 53.6 Å². The van der Waals surface area contributed by atoms with Crippen molar-refractivity contribution in [2.45, 2.75) is 63.7 Å². The number of ether oxygens (including phenoxy) is 1. The Kier molecular flexibility index (Phi) is 8.54. The number of benzene rings is 2. The maximum absolute atomic E-state index is 13.5. The van der Waals surface area contributed by atoms with Gasteiger partial charge in [-0.3, -0.25) is 4.79 Å². The van der Waals surface area contributed by atoms with Crippen LogP contribution in [0.3, 0.4) is 0 Å². The normalized spacial score (nSPS) is 17.2. The number of carbonyl (C=O) groups is 1. The van der Waals surface area contributed by atoms with Gasteiger partial charge in [-0.05, 0) is 67.0 Å². The smallest absolute Gasteiger partial charge is 0.246 e. The van der Waals surface area contributed by atoms with Gasteiger partial charge in [-0.15, -0.1) is 0 Å². The van der Waals surface area contributed by atoms with Crippen LogP contribution in [-0.2, 0) is 21.2 Å². The van der Waals surface area contributed by atoms with E-state index in [-0.39, 0.29) is 23.3 Å². The Hall–Kier alpha value is -2.38. The SMILES string of the molecule is CCCCc1ccc(NC(=O)[C@H]2CCCN(S(=O)(=O)c3cc(C(C)C)ccc3OC)C2)cc1. The number of anilines is 1. The number of amides is 1. The molecule has 1 aliphatic heterocycles. The zero-order valence-corrected chi connectivity index (χ0v) is 21.0. The van der Waals surface area contributed by atoms with E-state index in [9.17, 15) is 13.2 Å². The first-order valence-corrected chi connectivity index (χ1v) is 13.3. The van der Waals surface area contributed by atoms with E-state index in [1.165, 1.54) is 17.0 Å². The fraction of sp³-hybridized carbons (Fsp3) is 0.500. The third kappa shape index (κ3) is 6.15. The Morgan fingerprint density at radius 1 is 1.18 bits per heavy atom. The molecule has 3 rings (SSSR count). The van der Waals surface area contributed by atoms with Crippen molar-refractivity contribution in [2.75, 3.05) is 25.5 Å². The molecule has 1 heterocycles. The molecule has 1 aliphatic rings. The summed E-state index contributed by atoms with van der Waals surface area (Å²) in [7, 11) is -2.31. The summed E-state index contributed by atoms with van der Waals surface area (Å²) in [5, 5.41) is 2.97. The van der Waals surface area contributed by atoms with Crippen LogP contribution in [0, 0.1) is 5.92 Å². The molecule has 1 fully saturated rings. The Morgan fingerprint density at radius 2 is 1.91 bits per heavy atom. The van der Waals surface area contributed by atoms with Crippen molar-refractivity contribution in [1.29, 1.82) is 0 Å². The Morgan fingerprint density at radius 3 is 2.55 bits per heavy atom. The molecule has 0 aromatic heterocycles. The van der Waals surface area contributed by atoms with Gasteiger partial charge in [0.2, 0.25) is 15.9 Å². The predicted molar refractivity (Wildman–Crippen MR) is 132 cm³/mol. The number of nitrogens with one attached hydrogen (secondary N) is 1. The third-order valence-corrected chi connectivity index (χ3v) is 8.15. The van der Waals surface area contributed by atoms with Crippen LogP contribution in [0.4, 0.5) is 5.69 Å². The van der Waals surface area contributed by atoms with Gasteiger partial charge in [-0.25, -0.2) is 8.42 Å². The lowest BCUT2D eigenvalue weighted by Crippen LogP contribution is -2.43. The minimum absolute atomic E-state index is 0.140. The van der Waals surface area contributed by atoms with Gasteiger partial charge in [0, 0.05) is 18.8 Å². The second kappa shape index (κ2) is 11.2. The molecule has 0 radical (unpaired) electrons. The lowest BCUT2D eigenvalue weighted by atomic mass is 9.98. The number of hydrogen-bond donors (Lipinski definition) is 1. The van der Waals surface area contributed by atoms with E-state index in [1.807, 2.05) is 44.2 Å². The summed E-state index contributed by atoms with van der Waals surface area (Å²) >= 11 is 0. The maximum atomic E-state index is 13.5. The maximum Gasteiger partial charge on any atom is 0.246 e. The van der Waals surface area contributed by atoms with E-state index < -0.39 is 15.9 Å². The number of methoxy groups -OCH3 is 1. The van der Waals surface area contributed by atoms with Gasteiger partial charge in [-0.2, -0.15) is 4.31 Å². The number of hydrogen-bond acceptors (Lipinski definition) is 4. The van der Waals surface area contributed by atoms with Crippen molar-refractivity contribution in [3.63, 3.8) is 0 Å². The fourth-order valence-corrected chi connectivity index (χ4v) is 5.86. The summed E-state index contributed by atoms with van der Waals surface area (Å²) < 4.78 is 33.8. The number of nitrogens with zero attached hydrogens (tertiary/aromatic N) is 1. The molecule has 0 aliphatic carbocycles. The molecular formula is C26H36N2O4S. The van der Waals surface area contributed by atoms with Crippen LogP contribution in [0.2, 0.25) is 0 Å². The van der Waals surface area contributed by atoms with Crippen LogP contribution >= 0.6 is 0 Å². The van der Waals surface area contributed by atoms with Crippen LogP contribution in [0.25, 0.3) is 0 Å². The molecule has 2 aromatic rings. The van der Waals surface area contributed by atoms with E-state index >= 15 is 0 Å². The fourth-order valence-electron chi connectivity index (χ4n) is 4.15. The van der Waals surface area contributed by atoms with Crippen molar-refractivity contribution < 1.29 is 17.9 Å². The average Bonchev–Trinajstić information content (AvgIpc) is 2.83. The van der Waals surface area contributed by atoms with Gasteiger partial charge < -0.3 is 10.1 Å². The lowest BCUT2D eigenvalue weighted by molar-refractivity contribution is -0.120. The minimum atomic E-state index is -3.79. The highest BCUT2D eigenvalue weighted by Crippen LogP contribution is 2.32. The standard InChI is InChI=1S/C26H36N2O4S/c1-5-6-8-20-10-13-23(14-11-20)27-26(29)22-9-7-16-28(18-22)33(30,31)25-17-21(19(2)3)12-15-24(25)32-4/h10-15,17,19,22H,5-9,16,18H2,1-4H3,(H,27,29)/t22-/m0/s1. The number of sulfonamides is 1. The molecule has 7 heteroatoms. The van der Waals surface area contributed by atoms with E-state index in [4.69, 9.17) is 4.74 Å². The van der Waals surface area contributed by atoms with Gasteiger partial charge in [0.15, 0.2) is 0 Å². The van der Waals surface area contributed by atoms with Crippen LogP contribution in [0.5, 0.6) is 5.75 Å². The molecule has 180 valence electrons. The first kappa shape index (κ1) is 25.2. The second-order valence-electron chi connectivity index (χ2n) is 9.06. The third-order valence-electron chi connectivity index (χ3n) is 6.27. The van der Waals surface area contributed by atoms with Crippen LogP contribution < -0.4 is 10.1 Å². The van der Waals surface area contributed by atoms with Crippen molar-refractivity contribution in [2.24, 2.45) is 5.92 Å². The molecular weight excluding hydrogens is 436 g/mol. The highest BCUT2D eigenvalue weighted by atomic mass is 32.2. The van der Waals surface area contributed by atoms with Gasteiger partial charge in [0.25, 0.3) is 0 Å². The molecule has 1 saturated heterocycles. The molecule has 0 unspecified atom stereocenters. The quantitative estimate of drug-likeness (QED) is 0.544. The van der Waals surface area contributed by atoms with Crippen LogP contribution in [-0.4, -0.2) is 38.8 Å². The molecule has 1 amide bonds. The molecule has 0 spiro atoms. The molecule has 0 bridgehead atoms. The zero-order valence-electron chi connectivity index (χ0n) is 20.1. The van der Waals surface area contributed by atoms with Crippen molar-refractivity contribution in [1.82, 2.24) is 4.31 Å². The van der Waals surface area contributed by atoms with E-state index in [0.717, 1.165) is 30.5 Å². The van der Waals surface area contributed by atoms with Crippen molar-refractivity contribution in [3.8, 4) is 5.75 Å². The number of aryl methyl sites for hydroxylation is 1. The topological polar surface area (TPSA) is 75.7 Å². The highest BCUT2D eigenvalue weighted by molar-refractivity contribution is 7.89. The summed E-state index contributed by atoms with van der Waals surface area (Å²) in [5.74, 6) is -0.0149. The number of unbranched alkanes of at least 4 members (excludes halogenated alkanes) is 1. The number of rotatable bonds is 9. The summed E-state index contributed by atoms with van der Waals surface area (Å²) in [6.45, 7) is 6.77. The molecule has 0 saturated carbocycles. The summed E-state index contributed by atoms with van der Waals surface area (Å²) in [5.41, 5.74) is 2.93. The molecule has 1 N–H and O–H groups in total. The number of carbonyl (C=O) groups excluding carboxylic acids is 1.